The maximum atomic E-state index is 10.5. The van der Waals surface area contributed by atoms with E-state index in [0.717, 1.165) is 12.8 Å². The van der Waals surface area contributed by atoms with Crippen LogP contribution in [0.5, 0.6) is 0 Å². The van der Waals surface area contributed by atoms with Gasteiger partial charge in [0.15, 0.2) is 0 Å². The minimum Gasteiger partial charge on any atom is -0.390 e. The predicted octanol–water partition coefficient (Wildman–Crippen LogP) is 1.33. The molecule has 2 aliphatic rings. The Kier molecular flexibility index (Phi) is 6.71. The molecule has 24 heavy (non-hydrogen) atoms. The molecule has 2 fully saturated rings. The van der Waals surface area contributed by atoms with E-state index in [0.29, 0.717) is 23.8 Å². The van der Waals surface area contributed by atoms with Gasteiger partial charge in [-0.05, 0) is 43.6 Å². The fourth-order valence-corrected chi connectivity index (χ4v) is 4.87. The van der Waals surface area contributed by atoms with Gasteiger partial charge >= 0.3 is 0 Å². The molecular weight excluding hydrogens is 302 g/mol. The van der Waals surface area contributed by atoms with Crippen molar-refractivity contribution in [1.29, 1.82) is 0 Å². The zero-order valence-electron chi connectivity index (χ0n) is 16.3. The molecule has 1 saturated heterocycles. The highest BCUT2D eigenvalue weighted by atomic mass is 16.5. The Morgan fingerprint density at radius 1 is 1.12 bits per heavy atom. The first kappa shape index (κ1) is 20.1. The zero-order chi connectivity index (χ0) is 18.2. The van der Waals surface area contributed by atoms with Crippen LogP contribution in [0, 0.1) is 29.6 Å². The van der Waals surface area contributed by atoms with E-state index >= 15 is 0 Å². The number of nitrogens with one attached hydrogen (secondary N) is 1. The summed E-state index contributed by atoms with van der Waals surface area (Å²) < 4.78 is 6.28. The van der Waals surface area contributed by atoms with E-state index in [2.05, 4.69) is 33.0 Å². The van der Waals surface area contributed by atoms with Crippen LogP contribution in [0.2, 0.25) is 0 Å². The summed E-state index contributed by atoms with van der Waals surface area (Å²) in [7, 11) is 2.03. The molecule has 0 aromatic rings. The molecule has 1 saturated carbocycles. The van der Waals surface area contributed by atoms with Crippen LogP contribution in [0.15, 0.2) is 0 Å². The summed E-state index contributed by atoms with van der Waals surface area (Å²) in [4.78, 5) is 0. The zero-order valence-corrected chi connectivity index (χ0v) is 16.3. The number of rotatable bonds is 4. The van der Waals surface area contributed by atoms with Gasteiger partial charge in [0.2, 0.25) is 0 Å². The van der Waals surface area contributed by atoms with E-state index in [1.54, 1.807) is 0 Å². The van der Waals surface area contributed by atoms with E-state index in [1.165, 1.54) is 0 Å². The molecule has 1 aliphatic heterocycles. The highest BCUT2D eigenvalue weighted by molar-refractivity contribution is 4.99. The van der Waals surface area contributed by atoms with Crippen LogP contribution in [0.1, 0.15) is 47.5 Å². The molecule has 1 aliphatic carbocycles. The molecular formula is C19H39N3O2. The summed E-state index contributed by atoms with van der Waals surface area (Å²) in [5.74, 6) is 1.86. The summed E-state index contributed by atoms with van der Waals surface area (Å²) in [5, 5.41) is 13.9. The average molecular weight is 342 g/mol. The van der Waals surface area contributed by atoms with Gasteiger partial charge in [-0.25, -0.2) is 0 Å². The average Bonchev–Trinajstić information content (AvgIpc) is 2.54. The lowest BCUT2D eigenvalue weighted by molar-refractivity contribution is -0.174. The highest BCUT2D eigenvalue weighted by Gasteiger charge is 2.45. The van der Waals surface area contributed by atoms with Crippen molar-refractivity contribution < 1.29 is 9.84 Å². The molecule has 0 radical (unpaired) electrons. The second-order valence-electron chi connectivity index (χ2n) is 8.72. The fourth-order valence-electron chi connectivity index (χ4n) is 4.87. The van der Waals surface area contributed by atoms with Crippen LogP contribution in [0.25, 0.3) is 0 Å². The van der Waals surface area contributed by atoms with Crippen molar-refractivity contribution in [2.45, 2.75) is 83.9 Å². The highest BCUT2D eigenvalue weighted by Crippen LogP contribution is 2.39. The summed E-state index contributed by atoms with van der Waals surface area (Å²) >= 11 is 0. The molecule has 142 valence electrons. The maximum Gasteiger partial charge on any atom is 0.0864 e. The molecule has 1 heterocycles. The molecule has 0 spiro atoms. The molecule has 0 aromatic heterocycles. The molecule has 10 atom stereocenters. The first-order valence-corrected chi connectivity index (χ1v) is 9.70. The van der Waals surface area contributed by atoms with Gasteiger partial charge in [0, 0.05) is 24.0 Å². The van der Waals surface area contributed by atoms with Crippen molar-refractivity contribution in [3.05, 3.63) is 0 Å². The molecule has 5 heteroatoms. The largest absolute Gasteiger partial charge is 0.390 e. The maximum absolute atomic E-state index is 10.5. The molecule has 0 amide bonds. The molecule has 0 aromatic carbocycles. The van der Waals surface area contributed by atoms with E-state index < -0.39 is 6.10 Å². The third-order valence-corrected chi connectivity index (χ3v) is 6.99. The first-order chi connectivity index (χ1) is 11.2. The summed E-state index contributed by atoms with van der Waals surface area (Å²) in [6, 6.07) is 0.521. The number of aliphatic hydroxyl groups excluding tert-OH is 1. The second kappa shape index (κ2) is 8.00. The van der Waals surface area contributed by atoms with Crippen molar-refractivity contribution in [2.75, 3.05) is 7.05 Å². The van der Waals surface area contributed by atoms with Crippen molar-refractivity contribution in [1.82, 2.24) is 5.32 Å². The van der Waals surface area contributed by atoms with Gasteiger partial charge in [0.1, 0.15) is 0 Å². The number of ether oxygens (including phenoxy) is 1. The van der Waals surface area contributed by atoms with Gasteiger partial charge in [0.25, 0.3) is 0 Å². The Morgan fingerprint density at radius 3 is 2.29 bits per heavy atom. The Hall–Kier alpha value is -0.200. The van der Waals surface area contributed by atoms with Crippen LogP contribution >= 0.6 is 0 Å². The summed E-state index contributed by atoms with van der Waals surface area (Å²) in [6.45, 7) is 10.9. The molecule has 2 rings (SSSR count). The quantitative estimate of drug-likeness (QED) is 0.619. The monoisotopic (exact) mass is 341 g/mol. The number of aliphatic hydroxyl groups is 1. The summed E-state index contributed by atoms with van der Waals surface area (Å²) in [6.07, 6.45) is 1.25. The van der Waals surface area contributed by atoms with Gasteiger partial charge in [-0.3, -0.25) is 0 Å². The van der Waals surface area contributed by atoms with Crippen molar-refractivity contribution in [3.63, 3.8) is 0 Å². The van der Waals surface area contributed by atoms with Crippen LogP contribution in [0.3, 0.4) is 0 Å². The van der Waals surface area contributed by atoms with E-state index in [4.69, 9.17) is 16.2 Å². The molecule has 0 bridgehead atoms. The summed E-state index contributed by atoms with van der Waals surface area (Å²) in [5.41, 5.74) is 13.0. The van der Waals surface area contributed by atoms with Gasteiger partial charge in [-0.1, -0.05) is 34.6 Å². The number of nitrogens with two attached hydrogens (primary N) is 2. The fraction of sp³-hybridized carbons (Fsp3) is 1.00. The third kappa shape index (κ3) is 3.80. The molecule has 6 N–H and O–H groups in total. The van der Waals surface area contributed by atoms with Gasteiger partial charge in [0.05, 0.1) is 18.3 Å². The lowest BCUT2D eigenvalue weighted by Crippen LogP contribution is -2.60. The van der Waals surface area contributed by atoms with Crippen LogP contribution < -0.4 is 16.8 Å². The van der Waals surface area contributed by atoms with Gasteiger partial charge in [-0.2, -0.15) is 0 Å². The Bertz CT molecular complexity index is 406. The van der Waals surface area contributed by atoms with Crippen molar-refractivity contribution in [2.24, 2.45) is 41.1 Å². The SMILES string of the molecule is CNC1CC(N)[C@@H](C[C@H]2OC(C(C)C)[C@@H](O)[C@@H](C)[C@@H]2N)C(C)[C@@H]1C. The van der Waals surface area contributed by atoms with Crippen LogP contribution in [0.4, 0.5) is 0 Å². The normalized spacial score (nSPS) is 50.2. The first-order valence-electron chi connectivity index (χ1n) is 9.70. The smallest absolute Gasteiger partial charge is 0.0864 e. The minimum atomic E-state index is -0.485. The number of hydrogen-bond acceptors (Lipinski definition) is 5. The van der Waals surface area contributed by atoms with E-state index in [1.807, 2.05) is 14.0 Å². The van der Waals surface area contributed by atoms with Crippen LogP contribution in [-0.2, 0) is 4.74 Å². The Labute approximate surface area is 147 Å². The van der Waals surface area contributed by atoms with E-state index in [-0.39, 0.29) is 36.1 Å². The van der Waals surface area contributed by atoms with Crippen LogP contribution in [-0.4, -0.2) is 48.6 Å². The predicted molar refractivity (Wildman–Crippen MR) is 98.5 cm³/mol. The topological polar surface area (TPSA) is 93.5 Å². The van der Waals surface area contributed by atoms with Gasteiger partial charge < -0.3 is 26.6 Å². The second-order valence-corrected chi connectivity index (χ2v) is 8.72. The lowest BCUT2D eigenvalue weighted by Gasteiger charge is -2.49. The standard InChI is InChI=1S/C19H39N3O2/c1-9(2)19-18(23)12(5)17(21)16(24-19)7-13-10(3)11(4)15(22-6)8-14(13)20/h9-19,22-23H,7-8,20-21H2,1-6H3/t10?,11-,12-,13-,14?,15?,16+,17-,18-,19?/m0/s1. The molecule has 5 nitrogen and oxygen atoms in total. The van der Waals surface area contributed by atoms with Crippen molar-refractivity contribution in [3.8, 4) is 0 Å². The Balaban J connectivity index is 2.10. The molecule has 4 unspecified atom stereocenters. The van der Waals surface area contributed by atoms with E-state index in [9.17, 15) is 5.11 Å². The Morgan fingerprint density at radius 2 is 1.75 bits per heavy atom. The lowest BCUT2D eigenvalue weighted by atomic mass is 9.66. The van der Waals surface area contributed by atoms with Gasteiger partial charge in [-0.15, -0.1) is 0 Å². The third-order valence-electron chi connectivity index (χ3n) is 6.99. The minimum absolute atomic E-state index is 0.0207. The van der Waals surface area contributed by atoms with Crippen molar-refractivity contribution >= 4 is 0 Å². The number of hydrogen-bond donors (Lipinski definition) is 4.